The van der Waals surface area contributed by atoms with Gasteiger partial charge in [-0.1, -0.05) is 6.07 Å². The van der Waals surface area contributed by atoms with Crippen molar-refractivity contribution in [2.75, 3.05) is 11.9 Å². The molecular formula is C24H31N5O. The molecule has 0 bridgehead atoms. The molecule has 0 spiro atoms. The molecule has 0 unspecified atom stereocenters. The van der Waals surface area contributed by atoms with Crippen LogP contribution >= 0.6 is 0 Å². The second-order valence-corrected chi connectivity index (χ2v) is 9.69. The summed E-state index contributed by atoms with van der Waals surface area (Å²) < 4.78 is 0. The highest BCUT2D eigenvalue weighted by atomic mass is 16.3. The monoisotopic (exact) mass is 405 g/mol. The van der Waals surface area contributed by atoms with Crippen molar-refractivity contribution in [2.24, 2.45) is 0 Å². The van der Waals surface area contributed by atoms with Crippen LogP contribution in [0.3, 0.4) is 0 Å². The number of rotatable bonds is 4. The summed E-state index contributed by atoms with van der Waals surface area (Å²) in [5.74, 6) is 0.212. The minimum Gasteiger partial charge on any atom is -0.507 e. The first-order chi connectivity index (χ1) is 14.1. The third-order valence-electron chi connectivity index (χ3n) is 5.98. The summed E-state index contributed by atoms with van der Waals surface area (Å²) >= 11 is 0. The van der Waals surface area contributed by atoms with E-state index < -0.39 is 0 Å². The Labute approximate surface area is 178 Å². The second-order valence-electron chi connectivity index (χ2n) is 9.69. The van der Waals surface area contributed by atoms with E-state index >= 15 is 0 Å². The van der Waals surface area contributed by atoms with Crippen LogP contribution in [0.25, 0.3) is 22.4 Å². The van der Waals surface area contributed by atoms with Gasteiger partial charge in [0, 0.05) is 41.5 Å². The van der Waals surface area contributed by atoms with E-state index in [0.717, 1.165) is 40.9 Å². The van der Waals surface area contributed by atoms with E-state index in [1.807, 2.05) is 24.4 Å². The largest absolute Gasteiger partial charge is 0.507 e. The number of anilines is 1. The number of pyridine rings is 1. The number of phenolic OH excluding ortho intramolecular Hbond substituents is 1. The fraction of sp³-hybridized carbons (Fsp3) is 0.417. The lowest BCUT2D eigenvalue weighted by molar-refractivity contribution is 0.161. The van der Waals surface area contributed by atoms with Gasteiger partial charge in [0.15, 0.2) is 0 Å². The summed E-state index contributed by atoms with van der Waals surface area (Å²) in [6.07, 6.45) is 7.60. The molecule has 2 aromatic heterocycles. The van der Waals surface area contributed by atoms with Crippen molar-refractivity contribution in [1.29, 1.82) is 0 Å². The Morgan fingerprint density at radius 3 is 2.30 bits per heavy atom. The molecule has 30 heavy (non-hydrogen) atoms. The van der Waals surface area contributed by atoms with E-state index in [9.17, 15) is 5.11 Å². The van der Waals surface area contributed by atoms with Gasteiger partial charge in [-0.3, -0.25) is 10.1 Å². The van der Waals surface area contributed by atoms with Gasteiger partial charge in [-0.05, 0) is 70.4 Å². The van der Waals surface area contributed by atoms with Crippen LogP contribution in [0.4, 0.5) is 5.69 Å². The Bertz CT molecular complexity index is 993. The van der Waals surface area contributed by atoms with E-state index in [1.165, 1.54) is 0 Å². The van der Waals surface area contributed by atoms with Crippen LogP contribution in [-0.2, 0) is 0 Å². The molecule has 0 radical (unpaired) electrons. The van der Waals surface area contributed by atoms with Crippen LogP contribution in [0, 0.1) is 0 Å². The molecule has 0 aliphatic carbocycles. The van der Waals surface area contributed by atoms with Crippen LogP contribution in [0.5, 0.6) is 5.75 Å². The first-order valence-electron chi connectivity index (χ1n) is 10.4. The Morgan fingerprint density at radius 1 is 1.00 bits per heavy atom. The molecule has 1 aromatic carbocycles. The van der Waals surface area contributed by atoms with Gasteiger partial charge in [0.2, 0.25) is 0 Å². The minimum absolute atomic E-state index is 0.0938. The fourth-order valence-corrected chi connectivity index (χ4v) is 4.84. The lowest BCUT2D eigenvalue weighted by atomic mass is 9.79. The highest BCUT2D eigenvalue weighted by molar-refractivity contribution is 5.74. The van der Waals surface area contributed by atoms with Crippen molar-refractivity contribution in [2.45, 2.75) is 57.7 Å². The maximum atomic E-state index is 10.6. The van der Waals surface area contributed by atoms with Gasteiger partial charge in [0.05, 0.1) is 23.8 Å². The van der Waals surface area contributed by atoms with Gasteiger partial charge in [0.1, 0.15) is 5.75 Å². The SMILES string of the molecule is CN(c1ccc(-c2ccc(-c3cn[nH]c3)cc2O)nc1)C1CC(C)(C)NC(C)(C)C1. The van der Waals surface area contributed by atoms with Crippen LogP contribution < -0.4 is 10.2 Å². The topological polar surface area (TPSA) is 77.1 Å². The molecule has 1 aliphatic rings. The zero-order valence-electron chi connectivity index (χ0n) is 18.4. The zero-order chi connectivity index (χ0) is 21.5. The number of phenols is 1. The first-order valence-corrected chi connectivity index (χ1v) is 10.4. The molecule has 1 aliphatic heterocycles. The normalized spacial score (nSPS) is 18.3. The Kier molecular flexibility index (Phi) is 5.06. The van der Waals surface area contributed by atoms with Crippen molar-refractivity contribution in [1.82, 2.24) is 20.5 Å². The summed E-state index contributed by atoms with van der Waals surface area (Å²) in [6, 6.07) is 10.1. The molecule has 0 atom stereocenters. The van der Waals surface area contributed by atoms with Gasteiger partial charge in [-0.15, -0.1) is 0 Å². The molecule has 4 rings (SSSR count). The van der Waals surface area contributed by atoms with Crippen LogP contribution in [0.15, 0.2) is 48.9 Å². The molecular weight excluding hydrogens is 374 g/mol. The second kappa shape index (κ2) is 7.43. The maximum absolute atomic E-state index is 10.6. The van der Waals surface area contributed by atoms with Crippen molar-refractivity contribution >= 4 is 5.69 Å². The summed E-state index contributed by atoms with van der Waals surface area (Å²) in [4.78, 5) is 6.99. The lowest BCUT2D eigenvalue weighted by Gasteiger charge is -2.49. The molecule has 1 fully saturated rings. The number of benzene rings is 1. The molecule has 3 aromatic rings. The minimum atomic E-state index is 0.0938. The van der Waals surface area contributed by atoms with Crippen molar-refractivity contribution in [3.8, 4) is 28.1 Å². The number of hydrogen-bond donors (Lipinski definition) is 3. The van der Waals surface area contributed by atoms with E-state index in [-0.39, 0.29) is 16.8 Å². The molecule has 158 valence electrons. The number of nitrogens with zero attached hydrogens (tertiary/aromatic N) is 3. The summed E-state index contributed by atoms with van der Waals surface area (Å²) in [5.41, 5.74) is 4.61. The van der Waals surface area contributed by atoms with Crippen LogP contribution in [0.1, 0.15) is 40.5 Å². The number of hydrogen-bond acceptors (Lipinski definition) is 5. The number of piperidine rings is 1. The van der Waals surface area contributed by atoms with Gasteiger partial charge in [-0.25, -0.2) is 0 Å². The standard InChI is InChI=1S/C24H31N5O/c1-23(2)11-19(12-24(3,4)28-23)29(5)18-7-9-21(25-15-18)20-8-6-16(10-22(20)30)17-13-26-27-14-17/h6-10,13-15,19,28,30H,11-12H2,1-5H3,(H,26,27). The summed E-state index contributed by atoms with van der Waals surface area (Å²) in [5, 5.41) is 21.1. The maximum Gasteiger partial charge on any atom is 0.125 e. The lowest BCUT2D eigenvalue weighted by Crippen LogP contribution is -2.61. The number of nitrogens with one attached hydrogen (secondary N) is 2. The number of aromatic nitrogens is 3. The molecule has 3 N–H and O–H groups in total. The van der Waals surface area contributed by atoms with E-state index in [0.29, 0.717) is 6.04 Å². The number of aromatic hydroxyl groups is 1. The molecule has 6 heteroatoms. The van der Waals surface area contributed by atoms with Gasteiger partial charge in [0.25, 0.3) is 0 Å². The average molecular weight is 406 g/mol. The summed E-state index contributed by atoms with van der Waals surface area (Å²) in [6.45, 7) is 9.08. The van der Waals surface area contributed by atoms with Gasteiger partial charge < -0.3 is 15.3 Å². The fourth-order valence-electron chi connectivity index (χ4n) is 4.84. The predicted molar refractivity (Wildman–Crippen MR) is 122 cm³/mol. The average Bonchev–Trinajstić information content (AvgIpc) is 3.20. The van der Waals surface area contributed by atoms with Gasteiger partial charge >= 0.3 is 0 Å². The molecule has 1 saturated heterocycles. The van der Waals surface area contributed by atoms with Crippen molar-refractivity contribution in [3.05, 3.63) is 48.9 Å². The zero-order valence-corrected chi connectivity index (χ0v) is 18.4. The van der Waals surface area contributed by atoms with Crippen molar-refractivity contribution in [3.63, 3.8) is 0 Å². The Morgan fingerprint density at radius 2 is 1.73 bits per heavy atom. The van der Waals surface area contributed by atoms with E-state index in [2.05, 4.69) is 66.2 Å². The van der Waals surface area contributed by atoms with E-state index in [1.54, 1.807) is 18.5 Å². The molecule has 3 heterocycles. The van der Waals surface area contributed by atoms with Crippen LogP contribution in [0.2, 0.25) is 0 Å². The van der Waals surface area contributed by atoms with E-state index in [4.69, 9.17) is 0 Å². The highest BCUT2D eigenvalue weighted by Gasteiger charge is 2.39. The Balaban J connectivity index is 1.54. The third-order valence-corrected chi connectivity index (χ3v) is 5.98. The smallest absolute Gasteiger partial charge is 0.125 e. The summed E-state index contributed by atoms with van der Waals surface area (Å²) in [7, 11) is 2.15. The van der Waals surface area contributed by atoms with Gasteiger partial charge in [-0.2, -0.15) is 5.10 Å². The highest BCUT2D eigenvalue weighted by Crippen LogP contribution is 2.35. The number of aromatic amines is 1. The molecule has 6 nitrogen and oxygen atoms in total. The third kappa shape index (κ3) is 4.19. The van der Waals surface area contributed by atoms with Crippen molar-refractivity contribution < 1.29 is 5.11 Å². The van der Waals surface area contributed by atoms with Crippen LogP contribution in [-0.4, -0.2) is 44.5 Å². The number of H-pyrrole nitrogens is 1. The predicted octanol–water partition coefficient (Wildman–Crippen LogP) is 4.59. The quantitative estimate of drug-likeness (QED) is 0.592. The Hall–Kier alpha value is -2.86. The molecule has 0 saturated carbocycles. The molecule has 0 amide bonds. The first kappa shape index (κ1) is 20.4.